The molecule has 0 aliphatic carbocycles. The smallest absolute Gasteiger partial charge is 0.191 e. The quantitative estimate of drug-likeness (QED) is 0.461. The van der Waals surface area contributed by atoms with Crippen LogP contribution in [-0.2, 0) is 11.3 Å². The Morgan fingerprint density at radius 3 is 2.86 bits per heavy atom. The molecule has 6 heteroatoms. The third-order valence-electron chi connectivity index (χ3n) is 4.08. The number of halogens is 1. The van der Waals surface area contributed by atoms with E-state index < -0.39 is 0 Å². The number of nitrogens with zero attached hydrogens (tertiary/aromatic N) is 2. The van der Waals surface area contributed by atoms with E-state index in [4.69, 9.17) is 4.74 Å². The van der Waals surface area contributed by atoms with Crippen molar-refractivity contribution in [2.75, 3.05) is 7.05 Å². The molecule has 1 aromatic rings. The number of nitrogens with one attached hydrogen (secondary N) is 2. The lowest BCUT2D eigenvalue weighted by Crippen LogP contribution is -2.47. The molecule has 116 valence electrons. The van der Waals surface area contributed by atoms with Crippen LogP contribution in [0.15, 0.2) is 23.3 Å². The van der Waals surface area contributed by atoms with Gasteiger partial charge in [-0.15, -0.1) is 24.0 Å². The van der Waals surface area contributed by atoms with Gasteiger partial charge in [0.2, 0.25) is 0 Å². The SMILES string of the molecule is CN=C(NCc1ccc(C)nc1)NC1CC2CCC1O2.I. The van der Waals surface area contributed by atoms with Crippen molar-refractivity contribution in [1.82, 2.24) is 15.6 Å². The topological polar surface area (TPSA) is 58.5 Å². The van der Waals surface area contributed by atoms with Crippen molar-refractivity contribution in [2.24, 2.45) is 4.99 Å². The van der Waals surface area contributed by atoms with E-state index in [0.29, 0.717) is 18.2 Å². The average Bonchev–Trinajstić information content (AvgIpc) is 3.07. The highest BCUT2D eigenvalue weighted by molar-refractivity contribution is 14.0. The van der Waals surface area contributed by atoms with Crippen molar-refractivity contribution < 1.29 is 4.74 Å². The summed E-state index contributed by atoms with van der Waals surface area (Å²) in [6.07, 6.45) is 6.19. The Morgan fingerprint density at radius 2 is 2.29 bits per heavy atom. The number of guanidine groups is 1. The normalized spacial score (nSPS) is 27.3. The van der Waals surface area contributed by atoms with Crippen molar-refractivity contribution >= 4 is 29.9 Å². The highest BCUT2D eigenvalue weighted by Gasteiger charge is 2.41. The fourth-order valence-electron chi connectivity index (χ4n) is 2.95. The van der Waals surface area contributed by atoms with Crippen LogP contribution in [0.3, 0.4) is 0 Å². The Balaban J connectivity index is 0.00000161. The maximum Gasteiger partial charge on any atom is 0.191 e. The molecule has 0 aromatic carbocycles. The summed E-state index contributed by atoms with van der Waals surface area (Å²) in [7, 11) is 1.80. The van der Waals surface area contributed by atoms with Crippen LogP contribution in [0.4, 0.5) is 0 Å². The summed E-state index contributed by atoms with van der Waals surface area (Å²) in [6, 6.07) is 4.51. The Hall–Kier alpha value is -0.890. The maximum absolute atomic E-state index is 5.85. The molecule has 3 heterocycles. The number of pyridine rings is 1. The van der Waals surface area contributed by atoms with E-state index in [-0.39, 0.29) is 24.0 Å². The minimum absolute atomic E-state index is 0. The molecule has 2 fully saturated rings. The molecule has 21 heavy (non-hydrogen) atoms. The molecule has 0 radical (unpaired) electrons. The lowest BCUT2D eigenvalue weighted by Gasteiger charge is -2.22. The molecule has 3 atom stereocenters. The van der Waals surface area contributed by atoms with E-state index in [1.54, 1.807) is 7.05 Å². The minimum Gasteiger partial charge on any atom is -0.373 e. The summed E-state index contributed by atoms with van der Waals surface area (Å²) < 4.78 is 5.85. The summed E-state index contributed by atoms with van der Waals surface area (Å²) in [5.74, 6) is 0.840. The number of fused-ring (bicyclic) bond motifs is 2. The lowest BCUT2D eigenvalue weighted by molar-refractivity contribution is 0.0992. The summed E-state index contributed by atoms with van der Waals surface area (Å²) in [6.45, 7) is 2.72. The van der Waals surface area contributed by atoms with Crippen LogP contribution in [-0.4, -0.2) is 36.2 Å². The highest BCUT2D eigenvalue weighted by Crippen LogP contribution is 2.34. The first kappa shape index (κ1) is 16.5. The van der Waals surface area contributed by atoms with Crippen molar-refractivity contribution in [3.05, 3.63) is 29.6 Å². The van der Waals surface area contributed by atoms with Gasteiger partial charge in [-0.25, -0.2) is 0 Å². The van der Waals surface area contributed by atoms with Gasteiger partial charge >= 0.3 is 0 Å². The number of aliphatic imine (C=N–C) groups is 1. The second kappa shape index (κ2) is 7.40. The monoisotopic (exact) mass is 402 g/mol. The van der Waals surface area contributed by atoms with Gasteiger partial charge in [0.1, 0.15) is 0 Å². The van der Waals surface area contributed by atoms with E-state index in [1.165, 1.54) is 12.8 Å². The maximum atomic E-state index is 5.85. The van der Waals surface area contributed by atoms with Gasteiger partial charge in [0.15, 0.2) is 5.96 Å². The molecule has 1 aromatic heterocycles. The van der Waals surface area contributed by atoms with Crippen LogP contribution in [0.1, 0.15) is 30.5 Å². The van der Waals surface area contributed by atoms with Crippen LogP contribution in [0, 0.1) is 6.92 Å². The van der Waals surface area contributed by atoms with Crippen LogP contribution >= 0.6 is 24.0 Å². The molecule has 2 aliphatic heterocycles. The van der Waals surface area contributed by atoms with Gasteiger partial charge < -0.3 is 15.4 Å². The molecular weight excluding hydrogens is 379 g/mol. The molecule has 3 rings (SSSR count). The number of aromatic nitrogens is 1. The van der Waals surface area contributed by atoms with Gasteiger partial charge in [-0.3, -0.25) is 9.98 Å². The standard InChI is InChI=1S/C15H22N4O.HI/c1-10-3-4-11(8-17-10)9-18-15(16-2)19-13-7-12-5-6-14(13)20-12;/h3-4,8,12-14H,5-7,9H2,1-2H3,(H2,16,18,19);1H. The predicted molar refractivity (Wildman–Crippen MR) is 94.0 cm³/mol. The van der Waals surface area contributed by atoms with E-state index in [1.807, 2.05) is 19.2 Å². The summed E-state index contributed by atoms with van der Waals surface area (Å²) in [4.78, 5) is 8.58. The van der Waals surface area contributed by atoms with E-state index >= 15 is 0 Å². The fourth-order valence-corrected chi connectivity index (χ4v) is 2.95. The Morgan fingerprint density at radius 1 is 1.43 bits per heavy atom. The first-order chi connectivity index (χ1) is 9.74. The van der Waals surface area contributed by atoms with Gasteiger partial charge in [-0.05, 0) is 37.8 Å². The van der Waals surface area contributed by atoms with Crippen molar-refractivity contribution in [2.45, 2.75) is 51.0 Å². The molecular formula is C15H23IN4O. The second-order valence-corrected chi connectivity index (χ2v) is 5.59. The third kappa shape index (κ3) is 4.06. The van der Waals surface area contributed by atoms with Crippen molar-refractivity contribution in [3.8, 4) is 0 Å². The Kier molecular flexibility index (Phi) is 5.80. The van der Waals surface area contributed by atoms with Crippen LogP contribution in [0.25, 0.3) is 0 Å². The molecule has 0 amide bonds. The molecule has 2 bridgehead atoms. The molecule has 2 aliphatic rings. The van der Waals surface area contributed by atoms with Gasteiger partial charge in [-0.1, -0.05) is 6.07 Å². The first-order valence-corrected chi connectivity index (χ1v) is 7.29. The van der Waals surface area contributed by atoms with Gasteiger partial charge in [0, 0.05) is 25.5 Å². The van der Waals surface area contributed by atoms with Crippen LogP contribution < -0.4 is 10.6 Å². The van der Waals surface area contributed by atoms with Crippen LogP contribution in [0.5, 0.6) is 0 Å². The zero-order valence-electron chi connectivity index (χ0n) is 12.5. The van der Waals surface area contributed by atoms with Gasteiger partial charge in [0.25, 0.3) is 0 Å². The molecule has 2 N–H and O–H groups in total. The van der Waals surface area contributed by atoms with Crippen LogP contribution in [0.2, 0.25) is 0 Å². The van der Waals surface area contributed by atoms with Gasteiger partial charge in [-0.2, -0.15) is 0 Å². The number of hydrogen-bond donors (Lipinski definition) is 2. The third-order valence-corrected chi connectivity index (χ3v) is 4.08. The van der Waals surface area contributed by atoms with E-state index in [9.17, 15) is 0 Å². The second-order valence-electron chi connectivity index (χ2n) is 5.59. The fraction of sp³-hybridized carbons (Fsp3) is 0.600. The van der Waals surface area contributed by atoms with E-state index in [2.05, 4.69) is 26.7 Å². The Bertz CT molecular complexity index is 491. The predicted octanol–water partition coefficient (Wildman–Crippen LogP) is 1.99. The number of ether oxygens (including phenoxy) is 1. The number of rotatable bonds is 3. The number of hydrogen-bond acceptors (Lipinski definition) is 3. The molecule has 5 nitrogen and oxygen atoms in total. The molecule has 3 unspecified atom stereocenters. The average molecular weight is 402 g/mol. The molecule has 0 saturated carbocycles. The molecule has 2 saturated heterocycles. The minimum atomic E-state index is 0. The lowest BCUT2D eigenvalue weighted by atomic mass is 9.96. The van der Waals surface area contributed by atoms with Gasteiger partial charge in [0.05, 0.1) is 18.2 Å². The Labute approximate surface area is 143 Å². The summed E-state index contributed by atoms with van der Waals surface area (Å²) in [5.41, 5.74) is 2.19. The van der Waals surface area contributed by atoms with E-state index in [0.717, 1.165) is 30.2 Å². The number of aryl methyl sites for hydroxylation is 1. The largest absolute Gasteiger partial charge is 0.373 e. The summed E-state index contributed by atoms with van der Waals surface area (Å²) in [5, 5.41) is 6.81. The van der Waals surface area contributed by atoms with Crippen molar-refractivity contribution in [1.29, 1.82) is 0 Å². The molecule has 0 spiro atoms. The zero-order valence-corrected chi connectivity index (χ0v) is 14.8. The first-order valence-electron chi connectivity index (χ1n) is 7.29. The highest BCUT2D eigenvalue weighted by atomic mass is 127. The zero-order chi connectivity index (χ0) is 13.9. The summed E-state index contributed by atoms with van der Waals surface area (Å²) >= 11 is 0. The van der Waals surface area contributed by atoms with Crippen molar-refractivity contribution in [3.63, 3.8) is 0 Å².